The van der Waals surface area contributed by atoms with Gasteiger partial charge in [0, 0.05) is 0 Å². The minimum atomic E-state index is -0.769. The van der Waals surface area contributed by atoms with E-state index in [0.29, 0.717) is 11.8 Å². The van der Waals surface area contributed by atoms with Crippen molar-refractivity contribution in [2.45, 2.75) is 131 Å². The molecule has 5 aliphatic rings. The quantitative estimate of drug-likeness (QED) is 0.421. The Hall–Kier alpha value is -0.160. The molecule has 0 aromatic heterocycles. The maximum Gasteiger partial charge on any atom is 0.0623 e. The fourth-order valence-electron chi connectivity index (χ4n) is 12.3. The van der Waals surface area contributed by atoms with E-state index in [1.165, 1.54) is 12.8 Å². The molecule has 196 valence electrons. The van der Waals surface area contributed by atoms with Crippen LogP contribution in [0.3, 0.4) is 0 Å². The molecule has 0 saturated heterocycles. The molecule has 4 N–H and O–H groups in total. The molecule has 0 aliphatic heterocycles. The largest absolute Gasteiger partial charge is 0.393 e. The van der Waals surface area contributed by atoms with Crippen LogP contribution in [0.25, 0.3) is 0 Å². The highest BCUT2D eigenvalue weighted by molar-refractivity contribution is 5.22. The third-order valence-corrected chi connectivity index (χ3v) is 13.7. The third kappa shape index (κ3) is 2.92. The summed E-state index contributed by atoms with van der Waals surface area (Å²) in [6.45, 7) is 17.9. The van der Waals surface area contributed by atoms with Gasteiger partial charge in [0.1, 0.15) is 0 Å². The molecule has 0 aromatic carbocycles. The first kappa shape index (κ1) is 25.5. The van der Waals surface area contributed by atoms with Gasteiger partial charge in [-0.05, 0) is 122 Å². The number of hydrogen-bond donors (Lipinski definition) is 4. The van der Waals surface area contributed by atoms with Gasteiger partial charge >= 0.3 is 0 Å². The summed E-state index contributed by atoms with van der Waals surface area (Å²) in [5.41, 5.74) is -1.15. The van der Waals surface area contributed by atoms with Crippen molar-refractivity contribution in [2.75, 3.05) is 0 Å². The monoisotopic (exact) mass is 476 g/mol. The van der Waals surface area contributed by atoms with E-state index in [1.54, 1.807) is 0 Å². The van der Waals surface area contributed by atoms with E-state index in [4.69, 9.17) is 0 Å². The Labute approximate surface area is 207 Å². The van der Waals surface area contributed by atoms with E-state index >= 15 is 0 Å². The Kier molecular flexibility index (Phi) is 5.42. The van der Waals surface area contributed by atoms with Crippen molar-refractivity contribution in [2.24, 2.45) is 56.7 Å². The third-order valence-electron chi connectivity index (χ3n) is 13.7. The SMILES string of the molecule is CC(C)(O)[C@@H]1CC[C@]2(C)[C@@H]1[C@H](O)C[C@]1(C)[C@@H]2CC[C@@H]2[C@]3(C)CC[C@H](O)C(C)(C)[C@@H]3[C@H](O)C[C@@]21C. The number of rotatable bonds is 1. The van der Waals surface area contributed by atoms with Crippen molar-refractivity contribution >= 4 is 0 Å². The van der Waals surface area contributed by atoms with Crippen LogP contribution < -0.4 is 0 Å². The maximum absolute atomic E-state index is 11.8. The zero-order chi connectivity index (χ0) is 25.3. The van der Waals surface area contributed by atoms with E-state index in [-0.39, 0.29) is 50.9 Å². The van der Waals surface area contributed by atoms with Crippen LogP contribution in [0.1, 0.15) is 107 Å². The molecule has 0 bridgehead atoms. The second-order valence-electron chi connectivity index (χ2n) is 15.8. The molecular weight excluding hydrogens is 424 g/mol. The van der Waals surface area contributed by atoms with Gasteiger partial charge in [0.25, 0.3) is 0 Å². The van der Waals surface area contributed by atoms with E-state index < -0.39 is 17.8 Å². The summed E-state index contributed by atoms with van der Waals surface area (Å²) in [5, 5.41) is 45.4. The van der Waals surface area contributed by atoms with Gasteiger partial charge in [0.05, 0.1) is 23.9 Å². The van der Waals surface area contributed by atoms with Gasteiger partial charge in [-0.25, -0.2) is 0 Å². The normalized spacial score (nSPS) is 58.9. The lowest BCUT2D eigenvalue weighted by Gasteiger charge is -2.74. The van der Waals surface area contributed by atoms with E-state index in [0.717, 1.165) is 38.5 Å². The fraction of sp³-hybridized carbons (Fsp3) is 1.00. The van der Waals surface area contributed by atoms with E-state index in [9.17, 15) is 20.4 Å². The number of hydrogen-bond acceptors (Lipinski definition) is 4. The van der Waals surface area contributed by atoms with Crippen LogP contribution in [-0.4, -0.2) is 44.3 Å². The number of fused-ring (bicyclic) bond motifs is 7. The summed E-state index contributed by atoms with van der Waals surface area (Å²) in [7, 11) is 0. The Morgan fingerprint density at radius 3 is 1.74 bits per heavy atom. The van der Waals surface area contributed by atoms with Crippen LogP contribution >= 0.6 is 0 Å². The molecule has 0 unspecified atom stereocenters. The Morgan fingerprint density at radius 2 is 1.18 bits per heavy atom. The van der Waals surface area contributed by atoms with Crippen molar-refractivity contribution in [3.63, 3.8) is 0 Å². The standard InChI is InChI=1S/C30H52O4/c1-25(2)22(33)12-14-28(6)21-10-9-20-27(5)13-11-17(26(3,4)34)23(27)18(31)15-29(20,7)30(21,8)16-19(32)24(25)28/h17-24,31-34H,9-16H2,1-8H3/t17-,18-,19-,20-,21-,22+,23+,24+,27+,28+,29-,30+/m1/s1. The van der Waals surface area contributed by atoms with Gasteiger partial charge in [-0.15, -0.1) is 0 Å². The fourth-order valence-corrected chi connectivity index (χ4v) is 12.3. The second-order valence-corrected chi connectivity index (χ2v) is 15.8. The minimum absolute atomic E-state index is 0.00284. The van der Waals surface area contributed by atoms with Crippen molar-refractivity contribution in [1.82, 2.24) is 0 Å². The molecule has 5 rings (SSSR count). The molecular formula is C30H52O4. The van der Waals surface area contributed by atoms with Gasteiger partial charge in [0.2, 0.25) is 0 Å². The van der Waals surface area contributed by atoms with Crippen molar-refractivity contribution in [1.29, 1.82) is 0 Å². The maximum atomic E-state index is 11.8. The molecule has 12 atom stereocenters. The first-order valence-corrected chi connectivity index (χ1v) is 14.2. The zero-order valence-electron chi connectivity index (χ0n) is 23.1. The molecule has 0 amide bonds. The molecule has 34 heavy (non-hydrogen) atoms. The molecule has 4 nitrogen and oxygen atoms in total. The predicted molar refractivity (Wildman–Crippen MR) is 135 cm³/mol. The van der Waals surface area contributed by atoms with Crippen LogP contribution in [0, 0.1) is 56.7 Å². The molecule has 5 aliphatic carbocycles. The topological polar surface area (TPSA) is 80.9 Å². The van der Waals surface area contributed by atoms with E-state index in [2.05, 4.69) is 41.5 Å². The molecule has 0 spiro atoms. The summed E-state index contributed by atoms with van der Waals surface area (Å²) in [4.78, 5) is 0. The highest BCUT2D eigenvalue weighted by atomic mass is 16.3. The Bertz CT molecular complexity index is 832. The molecule has 5 saturated carbocycles. The first-order chi connectivity index (χ1) is 15.4. The van der Waals surface area contributed by atoms with Gasteiger partial charge < -0.3 is 20.4 Å². The highest BCUT2D eigenvalue weighted by Crippen LogP contribution is 2.78. The summed E-state index contributed by atoms with van der Waals surface area (Å²) < 4.78 is 0. The van der Waals surface area contributed by atoms with Gasteiger partial charge in [-0.3, -0.25) is 0 Å². The van der Waals surface area contributed by atoms with Gasteiger partial charge in [0.15, 0.2) is 0 Å². The lowest BCUT2D eigenvalue weighted by Crippen LogP contribution is -2.71. The average molecular weight is 477 g/mol. The highest BCUT2D eigenvalue weighted by Gasteiger charge is 2.74. The van der Waals surface area contributed by atoms with Crippen LogP contribution in [0.15, 0.2) is 0 Å². The number of aliphatic hydroxyl groups is 4. The summed E-state index contributed by atoms with van der Waals surface area (Å²) >= 11 is 0. The van der Waals surface area contributed by atoms with Crippen LogP contribution in [0.2, 0.25) is 0 Å². The Balaban J connectivity index is 1.57. The number of aliphatic hydroxyl groups excluding tert-OH is 3. The van der Waals surface area contributed by atoms with Crippen LogP contribution in [0.5, 0.6) is 0 Å². The van der Waals surface area contributed by atoms with Gasteiger partial charge in [-0.2, -0.15) is 0 Å². The molecule has 5 fully saturated rings. The molecule has 0 heterocycles. The summed E-state index contributed by atoms with van der Waals surface area (Å²) in [6.07, 6.45) is 6.55. The van der Waals surface area contributed by atoms with Crippen LogP contribution in [-0.2, 0) is 0 Å². The second kappa shape index (κ2) is 7.23. The minimum Gasteiger partial charge on any atom is -0.393 e. The first-order valence-electron chi connectivity index (χ1n) is 14.2. The van der Waals surface area contributed by atoms with Crippen molar-refractivity contribution in [3.8, 4) is 0 Å². The smallest absolute Gasteiger partial charge is 0.0623 e. The average Bonchev–Trinajstić information content (AvgIpc) is 3.05. The van der Waals surface area contributed by atoms with E-state index in [1.807, 2.05) is 13.8 Å². The van der Waals surface area contributed by atoms with Crippen molar-refractivity contribution < 1.29 is 20.4 Å². The molecule has 0 aromatic rings. The molecule has 4 heteroatoms. The zero-order valence-corrected chi connectivity index (χ0v) is 23.1. The predicted octanol–water partition coefficient (Wildman–Crippen LogP) is 5.16. The Morgan fingerprint density at radius 1 is 0.676 bits per heavy atom. The van der Waals surface area contributed by atoms with Crippen LogP contribution in [0.4, 0.5) is 0 Å². The lowest BCUT2D eigenvalue weighted by molar-refractivity contribution is -0.289. The molecule has 0 radical (unpaired) electrons. The van der Waals surface area contributed by atoms with Crippen molar-refractivity contribution in [3.05, 3.63) is 0 Å². The van der Waals surface area contributed by atoms with Gasteiger partial charge in [-0.1, -0.05) is 41.5 Å². The lowest BCUT2D eigenvalue weighted by atomic mass is 9.31. The summed E-state index contributed by atoms with van der Waals surface area (Å²) in [6, 6.07) is 0. The summed E-state index contributed by atoms with van der Waals surface area (Å²) in [5.74, 6) is 1.37.